The van der Waals surface area contributed by atoms with Crippen LogP contribution in [0.3, 0.4) is 0 Å². The molecule has 26 heavy (non-hydrogen) atoms. The van der Waals surface area contributed by atoms with Gasteiger partial charge in [-0.3, -0.25) is 0 Å². The van der Waals surface area contributed by atoms with E-state index in [0.29, 0.717) is 12.4 Å². The molecule has 1 aliphatic heterocycles. The Hall–Kier alpha value is -2.64. The fraction of sp³-hybridized carbons (Fsp3) is 0.389. The van der Waals surface area contributed by atoms with Crippen LogP contribution in [0.25, 0.3) is 5.78 Å². The number of alkyl halides is 3. The molecule has 1 fully saturated rings. The van der Waals surface area contributed by atoms with Crippen LogP contribution >= 0.6 is 0 Å². The van der Waals surface area contributed by atoms with Gasteiger partial charge in [-0.25, -0.2) is 4.98 Å². The number of hydrogen-bond donors (Lipinski definition) is 0. The van der Waals surface area contributed by atoms with Crippen molar-refractivity contribution in [1.82, 2.24) is 19.6 Å². The van der Waals surface area contributed by atoms with Gasteiger partial charge in [0.1, 0.15) is 12.1 Å². The second kappa shape index (κ2) is 5.96. The minimum Gasteiger partial charge on any atom is -0.351 e. The average molecular weight is 361 g/mol. The molecule has 0 amide bonds. The van der Waals surface area contributed by atoms with E-state index in [9.17, 15) is 13.2 Å². The molecule has 2 aromatic heterocycles. The Labute approximate surface area is 148 Å². The normalized spacial score (nSPS) is 20.8. The summed E-state index contributed by atoms with van der Waals surface area (Å²) in [6.07, 6.45) is -0.757. The summed E-state index contributed by atoms with van der Waals surface area (Å²) in [6, 6.07) is 11.1. The van der Waals surface area contributed by atoms with Crippen LogP contribution in [0.2, 0.25) is 0 Å². The first-order chi connectivity index (χ1) is 12.4. The third kappa shape index (κ3) is 2.89. The minimum absolute atomic E-state index is 0.0382. The molecule has 4 rings (SSSR count). The Bertz CT molecular complexity index is 921. The van der Waals surface area contributed by atoms with Crippen LogP contribution in [-0.4, -0.2) is 31.7 Å². The van der Waals surface area contributed by atoms with Gasteiger partial charge in [0.15, 0.2) is 5.69 Å². The van der Waals surface area contributed by atoms with Gasteiger partial charge in [-0.2, -0.15) is 27.8 Å². The summed E-state index contributed by atoms with van der Waals surface area (Å²) in [7, 11) is 0. The lowest BCUT2D eigenvalue weighted by Crippen LogP contribution is -2.44. The third-order valence-corrected chi connectivity index (χ3v) is 4.98. The van der Waals surface area contributed by atoms with Crippen molar-refractivity contribution in [2.45, 2.75) is 37.9 Å². The fourth-order valence-corrected chi connectivity index (χ4v) is 3.77. The molecule has 1 aliphatic rings. The number of hydrogen-bond acceptors (Lipinski definition) is 4. The summed E-state index contributed by atoms with van der Waals surface area (Å²) in [5, 5.41) is 4.09. The van der Waals surface area contributed by atoms with Gasteiger partial charge < -0.3 is 4.90 Å². The minimum atomic E-state index is -4.53. The Morgan fingerprint density at radius 2 is 1.96 bits per heavy atom. The lowest BCUT2D eigenvalue weighted by molar-refractivity contribution is -0.141. The number of halogens is 3. The van der Waals surface area contributed by atoms with Crippen LogP contribution in [0.5, 0.6) is 0 Å². The number of benzene rings is 1. The number of nitrogens with zero attached hydrogens (tertiary/aromatic N) is 5. The zero-order chi connectivity index (χ0) is 18.4. The summed E-state index contributed by atoms with van der Waals surface area (Å²) in [5.41, 5.74) is -0.0893. The summed E-state index contributed by atoms with van der Waals surface area (Å²) in [4.78, 5) is 9.49. The lowest BCUT2D eigenvalue weighted by atomic mass is 9.90. The van der Waals surface area contributed by atoms with Crippen LogP contribution in [-0.2, 0) is 12.6 Å². The van der Waals surface area contributed by atoms with E-state index in [2.05, 4.69) is 22.0 Å². The van der Waals surface area contributed by atoms with Crippen molar-refractivity contribution in [2.24, 2.45) is 0 Å². The maximum absolute atomic E-state index is 13.3. The highest BCUT2D eigenvalue weighted by Crippen LogP contribution is 2.38. The van der Waals surface area contributed by atoms with Gasteiger partial charge in [0, 0.05) is 18.2 Å². The molecule has 1 unspecified atom stereocenters. The molecule has 0 saturated carbocycles. The second-order valence-electron chi connectivity index (χ2n) is 6.88. The summed E-state index contributed by atoms with van der Waals surface area (Å²) in [6.45, 7) is 2.75. The van der Waals surface area contributed by atoms with Gasteiger partial charge in [-0.15, -0.1) is 0 Å². The first kappa shape index (κ1) is 16.8. The molecule has 0 spiro atoms. The average Bonchev–Trinajstić information content (AvgIpc) is 3.20. The zero-order valence-electron chi connectivity index (χ0n) is 14.2. The maximum atomic E-state index is 13.3. The first-order valence-corrected chi connectivity index (χ1v) is 8.46. The van der Waals surface area contributed by atoms with Crippen molar-refractivity contribution in [1.29, 1.82) is 0 Å². The van der Waals surface area contributed by atoms with Crippen molar-refractivity contribution in [3.05, 3.63) is 54.0 Å². The molecular formula is C18H18F3N5. The van der Waals surface area contributed by atoms with Crippen LogP contribution in [0.4, 0.5) is 19.0 Å². The number of fused-ring (bicyclic) bond motifs is 1. The molecule has 0 aliphatic carbocycles. The lowest BCUT2D eigenvalue weighted by Gasteiger charge is -2.37. The van der Waals surface area contributed by atoms with Crippen LogP contribution in [0.1, 0.15) is 31.0 Å². The van der Waals surface area contributed by atoms with E-state index in [1.165, 1.54) is 10.8 Å². The summed E-state index contributed by atoms with van der Waals surface area (Å²) < 4.78 is 41.3. The van der Waals surface area contributed by atoms with Crippen molar-refractivity contribution in [3.8, 4) is 0 Å². The van der Waals surface area contributed by atoms with E-state index >= 15 is 0 Å². The Balaban J connectivity index is 1.79. The van der Waals surface area contributed by atoms with Crippen molar-refractivity contribution < 1.29 is 13.2 Å². The Morgan fingerprint density at radius 1 is 1.19 bits per heavy atom. The van der Waals surface area contributed by atoms with Crippen LogP contribution in [0.15, 0.2) is 42.7 Å². The van der Waals surface area contributed by atoms with E-state index in [0.717, 1.165) is 30.9 Å². The van der Waals surface area contributed by atoms with Gasteiger partial charge in [0.2, 0.25) is 0 Å². The number of anilines is 1. The number of aromatic nitrogens is 4. The molecule has 3 aromatic rings. The molecule has 1 atom stereocenters. The maximum Gasteiger partial charge on any atom is 0.433 e. The quantitative estimate of drug-likeness (QED) is 0.713. The van der Waals surface area contributed by atoms with Crippen molar-refractivity contribution in [3.63, 3.8) is 0 Å². The molecule has 3 heterocycles. The topological polar surface area (TPSA) is 46.3 Å². The molecule has 1 saturated heterocycles. The molecule has 0 radical (unpaired) electrons. The molecule has 0 bridgehead atoms. The van der Waals surface area contributed by atoms with Gasteiger partial charge >= 0.3 is 6.18 Å². The molecule has 5 nitrogen and oxygen atoms in total. The third-order valence-electron chi connectivity index (χ3n) is 4.98. The molecule has 8 heteroatoms. The Morgan fingerprint density at radius 3 is 2.69 bits per heavy atom. The van der Waals surface area contributed by atoms with Crippen LogP contribution in [0, 0.1) is 0 Å². The van der Waals surface area contributed by atoms with Gasteiger partial charge in [-0.1, -0.05) is 30.3 Å². The van der Waals surface area contributed by atoms with Crippen molar-refractivity contribution in [2.75, 3.05) is 11.4 Å². The highest BCUT2D eigenvalue weighted by atomic mass is 19.4. The largest absolute Gasteiger partial charge is 0.433 e. The smallest absolute Gasteiger partial charge is 0.351 e. The van der Waals surface area contributed by atoms with E-state index < -0.39 is 11.9 Å². The molecule has 1 aromatic carbocycles. The molecular weight excluding hydrogens is 343 g/mol. The monoisotopic (exact) mass is 361 g/mol. The highest BCUT2D eigenvalue weighted by Gasteiger charge is 2.40. The van der Waals surface area contributed by atoms with Gasteiger partial charge in [0.25, 0.3) is 5.78 Å². The first-order valence-electron chi connectivity index (χ1n) is 8.46. The van der Waals surface area contributed by atoms with E-state index in [1.54, 1.807) is 0 Å². The van der Waals surface area contributed by atoms with E-state index in [1.807, 2.05) is 35.2 Å². The van der Waals surface area contributed by atoms with E-state index in [4.69, 9.17) is 0 Å². The summed E-state index contributed by atoms with van der Waals surface area (Å²) >= 11 is 0. The summed E-state index contributed by atoms with van der Waals surface area (Å²) in [5.74, 6) is 0.347. The molecule has 0 N–H and O–H groups in total. The van der Waals surface area contributed by atoms with Crippen molar-refractivity contribution >= 4 is 11.6 Å². The SMILES string of the molecule is CC1(Cc2ccccc2)CCCN1c1cc(C(F)(F)F)nc2ncnn12. The predicted octanol–water partition coefficient (Wildman–Crippen LogP) is 3.74. The predicted molar refractivity (Wildman–Crippen MR) is 90.9 cm³/mol. The van der Waals surface area contributed by atoms with Gasteiger partial charge in [-0.05, 0) is 31.7 Å². The standard InChI is InChI=1S/C18H18F3N5/c1-17(11-13-6-3-2-4-7-13)8-5-9-25(17)15-10-14(18(19,20)21)24-16-22-12-23-26(15)16/h2-4,6-7,10,12H,5,8-9,11H2,1H3. The van der Waals surface area contributed by atoms with E-state index in [-0.39, 0.29) is 11.3 Å². The Kier molecular flexibility index (Phi) is 3.86. The highest BCUT2D eigenvalue weighted by molar-refractivity contribution is 5.51. The molecule has 136 valence electrons. The number of rotatable bonds is 3. The van der Waals surface area contributed by atoms with Crippen LogP contribution < -0.4 is 4.90 Å². The van der Waals surface area contributed by atoms with Gasteiger partial charge in [0.05, 0.1) is 0 Å². The fourth-order valence-electron chi connectivity index (χ4n) is 3.77. The second-order valence-corrected chi connectivity index (χ2v) is 6.88. The zero-order valence-corrected chi connectivity index (χ0v) is 14.2.